The van der Waals surface area contributed by atoms with Gasteiger partial charge in [-0.3, -0.25) is 9.69 Å². The molecule has 2 aliphatic rings. The van der Waals surface area contributed by atoms with Crippen molar-refractivity contribution in [2.45, 2.75) is 32.4 Å². The van der Waals surface area contributed by atoms with Gasteiger partial charge in [0.2, 0.25) is 0 Å². The lowest BCUT2D eigenvalue weighted by Gasteiger charge is -2.37. The van der Waals surface area contributed by atoms with Gasteiger partial charge in [0.25, 0.3) is 5.56 Å². The number of likely N-dealkylation sites (N-methyl/N-ethyl adjacent to an activating group) is 1. The molecule has 2 atom stereocenters. The average Bonchev–Trinajstić information content (AvgIpc) is 2.66. The first-order valence-electron chi connectivity index (χ1n) is 10.0. The van der Waals surface area contributed by atoms with Crippen LogP contribution < -0.4 is 15.6 Å². The van der Waals surface area contributed by atoms with Gasteiger partial charge in [0, 0.05) is 43.4 Å². The zero-order chi connectivity index (χ0) is 19.7. The van der Waals surface area contributed by atoms with Crippen molar-refractivity contribution in [3.05, 3.63) is 62.5 Å². The highest BCUT2D eigenvalue weighted by atomic mass is 35.5. The first-order chi connectivity index (χ1) is 13.5. The maximum atomic E-state index is 13.0. The quantitative estimate of drug-likeness (QED) is 0.808. The van der Waals surface area contributed by atoms with Crippen LogP contribution in [0.2, 0.25) is 5.02 Å². The maximum absolute atomic E-state index is 13.0. The molecular weight excluding hydrogens is 374 g/mol. The van der Waals surface area contributed by atoms with E-state index in [9.17, 15) is 4.79 Å². The van der Waals surface area contributed by atoms with Crippen LogP contribution in [0.5, 0.6) is 5.75 Å². The summed E-state index contributed by atoms with van der Waals surface area (Å²) in [5.74, 6) is 1.75. The molecule has 5 nitrogen and oxygen atoms in total. The molecule has 2 aliphatic heterocycles. The molecule has 150 valence electrons. The van der Waals surface area contributed by atoms with Crippen LogP contribution in [-0.2, 0) is 13.1 Å². The fourth-order valence-electron chi connectivity index (χ4n) is 4.36. The topological polar surface area (TPSA) is 46.5 Å². The summed E-state index contributed by atoms with van der Waals surface area (Å²) in [5, 5.41) is 4.13. The number of rotatable bonds is 6. The number of benzene rings is 1. The van der Waals surface area contributed by atoms with Gasteiger partial charge in [-0.25, -0.2) is 0 Å². The Labute approximate surface area is 171 Å². The Morgan fingerprint density at radius 3 is 2.96 bits per heavy atom. The van der Waals surface area contributed by atoms with Gasteiger partial charge in [-0.1, -0.05) is 23.7 Å². The molecule has 2 aromatic rings. The van der Waals surface area contributed by atoms with Crippen LogP contribution in [0.4, 0.5) is 0 Å². The summed E-state index contributed by atoms with van der Waals surface area (Å²) < 4.78 is 7.83. The number of aryl methyl sites for hydroxylation is 1. The van der Waals surface area contributed by atoms with Crippen LogP contribution in [0, 0.1) is 12.8 Å². The third-order valence-electron chi connectivity index (χ3n) is 5.85. The number of piperidine rings is 1. The summed E-state index contributed by atoms with van der Waals surface area (Å²) in [4.78, 5) is 15.1. The molecule has 1 fully saturated rings. The van der Waals surface area contributed by atoms with Gasteiger partial charge in [-0.05, 0) is 56.6 Å². The largest absolute Gasteiger partial charge is 0.491 e. The summed E-state index contributed by atoms with van der Waals surface area (Å²) in [6.45, 7) is 6.72. The number of hydrogen-bond acceptors (Lipinski definition) is 4. The fraction of sp³-hybridized carbons (Fsp3) is 0.500. The molecule has 28 heavy (non-hydrogen) atoms. The lowest BCUT2D eigenvalue weighted by Crippen LogP contribution is -2.45. The lowest BCUT2D eigenvalue weighted by molar-refractivity contribution is 0.230. The molecule has 4 rings (SSSR count). The molecule has 0 aliphatic carbocycles. The summed E-state index contributed by atoms with van der Waals surface area (Å²) in [5.41, 5.74) is 3.33. The molecule has 0 unspecified atom stereocenters. The van der Waals surface area contributed by atoms with Crippen LogP contribution in [-0.4, -0.2) is 42.8 Å². The van der Waals surface area contributed by atoms with Gasteiger partial charge in [0.15, 0.2) is 0 Å². The van der Waals surface area contributed by atoms with Crippen molar-refractivity contribution >= 4 is 11.6 Å². The molecule has 0 radical (unpaired) electrons. The Hall–Kier alpha value is -1.82. The summed E-state index contributed by atoms with van der Waals surface area (Å²) in [6, 6.07) is 9.96. The number of hydrogen-bond donors (Lipinski definition) is 1. The third kappa shape index (κ3) is 4.12. The fourth-order valence-corrected chi connectivity index (χ4v) is 4.65. The van der Waals surface area contributed by atoms with Crippen LogP contribution >= 0.6 is 11.6 Å². The Morgan fingerprint density at radius 1 is 1.29 bits per heavy atom. The second-order valence-corrected chi connectivity index (χ2v) is 8.58. The third-order valence-corrected chi connectivity index (χ3v) is 6.14. The van der Waals surface area contributed by atoms with E-state index in [0.29, 0.717) is 35.8 Å². The zero-order valence-electron chi connectivity index (χ0n) is 16.6. The van der Waals surface area contributed by atoms with Crippen molar-refractivity contribution in [3.8, 4) is 5.75 Å². The van der Waals surface area contributed by atoms with E-state index in [4.69, 9.17) is 16.3 Å². The van der Waals surface area contributed by atoms with Crippen molar-refractivity contribution in [2.24, 2.45) is 5.92 Å². The zero-order valence-corrected chi connectivity index (χ0v) is 17.3. The second-order valence-electron chi connectivity index (χ2n) is 8.18. The highest BCUT2D eigenvalue weighted by molar-refractivity contribution is 6.32. The SMILES string of the molecule is Cc1ccc(OCCN(C)Cc2ccc3n(c2=O)C[C@@H]2CNC[C@H]3C2)c(Cl)c1. The molecule has 2 bridgehead atoms. The predicted molar refractivity (Wildman–Crippen MR) is 112 cm³/mol. The van der Waals surface area contributed by atoms with Crippen molar-refractivity contribution in [1.29, 1.82) is 0 Å². The van der Waals surface area contributed by atoms with Gasteiger partial charge in [-0.15, -0.1) is 0 Å². The van der Waals surface area contributed by atoms with E-state index in [1.807, 2.05) is 42.8 Å². The highest BCUT2D eigenvalue weighted by Crippen LogP contribution is 2.31. The molecule has 0 spiro atoms. The Bertz CT molecular complexity index is 911. The number of pyridine rings is 1. The van der Waals surface area contributed by atoms with Gasteiger partial charge < -0.3 is 14.6 Å². The Balaban J connectivity index is 1.38. The molecule has 1 saturated heterocycles. The number of ether oxygens (including phenoxy) is 1. The molecule has 3 heterocycles. The predicted octanol–water partition coefficient (Wildman–Crippen LogP) is 3.03. The van der Waals surface area contributed by atoms with Crippen molar-refractivity contribution in [3.63, 3.8) is 0 Å². The van der Waals surface area contributed by atoms with Crippen molar-refractivity contribution in [1.82, 2.24) is 14.8 Å². The minimum absolute atomic E-state index is 0.170. The molecular formula is C22H28ClN3O2. The van der Waals surface area contributed by atoms with Crippen LogP contribution in [0.1, 0.15) is 29.2 Å². The summed E-state index contributed by atoms with van der Waals surface area (Å²) in [7, 11) is 2.02. The molecule has 1 aromatic carbocycles. The molecule has 6 heteroatoms. The first-order valence-corrected chi connectivity index (χ1v) is 10.4. The standard InChI is InChI=1S/C22H28ClN3O2/c1-15-3-6-21(19(23)9-15)28-8-7-25(2)14-17-4-5-20-18-10-16(11-24-12-18)13-26(20)22(17)27/h3-6,9,16,18,24H,7-8,10-14H2,1-2H3/t16-,18+/m0/s1. The second kappa shape index (κ2) is 8.27. The number of halogens is 1. The number of aromatic nitrogens is 1. The lowest BCUT2D eigenvalue weighted by atomic mass is 9.84. The minimum atomic E-state index is 0.170. The van der Waals surface area contributed by atoms with Gasteiger partial charge in [-0.2, -0.15) is 0 Å². The molecule has 1 N–H and O–H groups in total. The van der Waals surface area contributed by atoms with E-state index in [0.717, 1.165) is 37.3 Å². The Kier molecular flexibility index (Phi) is 5.76. The van der Waals surface area contributed by atoms with Crippen LogP contribution in [0.15, 0.2) is 35.1 Å². The monoisotopic (exact) mass is 401 g/mol. The van der Waals surface area contributed by atoms with E-state index in [-0.39, 0.29) is 5.56 Å². The van der Waals surface area contributed by atoms with Gasteiger partial charge in [0.1, 0.15) is 12.4 Å². The normalized spacial score (nSPS) is 20.9. The van der Waals surface area contributed by atoms with Crippen molar-refractivity contribution < 1.29 is 4.74 Å². The highest BCUT2D eigenvalue weighted by Gasteiger charge is 2.31. The molecule has 0 amide bonds. The first kappa shape index (κ1) is 19.5. The van der Waals surface area contributed by atoms with E-state index >= 15 is 0 Å². The van der Waals surface area contributed by atoms with Gasteiger partial charge in [0.05, 0.1) is 5.02 Å². The van der Waals surface area contributed by atoms with Crippen molar-refractivity contribution in [2.75, 3.05) is 33.3 Å². The summed E-state index contributed by atoms with van der Waals surface area (Å²) >= 11 is 6.22. The van der Waals surface area contributed by atoms with Crippen LogP contribution in [0.25, 0.3) is 0 Å². The number of nitrogens with one attached hydrogen (secondary N) is 1. The van der Waals surface area contributed by atoms with Gasteiger partial charge >= 0.3 is 0 Å². The molecule has 1 aromatic heterocycles. The van der Waals surface area contributed by atoms with E-state index < -0.39 is 0 Å². The Morgan fingerprint density at radius 2 is 2.14 bits per heavy atom. The number of nitrogens with zero attached hydrogens (tertiary/aromatic N) is 2. The maximum Gasteiger partial charge on any atom is 0.255 e. The van der Waals surface area contributed by atoms with E-state index in [1.165, 1.54) is 12.1 Å². The summed E-state index contributed by atoms with van der Waals surface area (Å²) in [6.07, 6.45) is 1.20. The molecule has 0 saturated carbocycles. The van der Waals surface area contributed by atoms with Crippen LogP contribution in [0.3, 0.4) is 0 Å². The number of fused-ring (bicyclic) bond motifs is 4. The smallest absolute Gasteiger partial charge is 0.255 e. The average molecular weight is 402 g/mol. The van der Waals surface area contributed by atoms with E-state index in [1.54, 1.807) is 0 Å². The minimum Gasteiger partial charge on any atom is -0.491 e. The van der Waals surface area contributed by atoms with E-state index in [2.05, 4.69) is 16.3 Å².